The van der Waals surface area contributed by atoms with Crippen LogP contribution < -0.4 is 15.0 Å². The van der Waals surface area contributed by atoms with Crippen molar-refractivity contribution in [3.05, 3.63) is 63.3 Å². The van der Waals surface area contributed by atoms with Crippen LogP contribution in [0.15, 0.2) is 46.1 Å². The van der Waals surface area contributed by atoms with Gasteiger partial charge in [0.05, 0.1) is 20.5 Å². The van der Waals surface area contributed by atoms with E-state index in [-0.39, 0.29) is 18.6 Å². The molecule has 2 rings (SSSR count). The fourth-order valence-electron chi connectivity index (χ4n) is 2.63. The van der Waals surface area contributed by atoms with Crippen LogP contribution in [0.4, 0.5) is 0 Å². The zero-order valence-corrected chi connectivity index (χ0v) is 16.9. The predicted octanol–water partition coefficient (Wildman–Crippen LogP) is 2.67. The molecule has 0 bridgehead atoms. The normalized spacial score (nSPS) is 11.0. The number of hydrogen-bond donors (Lipinski definition) is 0. The molecule has 0 spiro atoms. The smallest absolute Gasteiger partial charge is 0.290 e. The molecule has 2 aromatic rings. The molecule has 0 N–H and O–H groups in total. The minimum absolute atomic E-state index is 0.00749. The van der Waals surface area contributed by atoms with Gasteiger partial charge in [-0.25, -0.2) is 0 Å². The number of aromatic nitrogens is 2. The van der Waals surface area contributed by atoms with E-state index in [0.29, 0.717) is 30.2 Å². The van der Waals surface area contributed by atoms with Gasteiger partial charge in [0.15, 0.2) is 11.5 Å². The molecular formula is C20H21ClN4O4. The Hall–Kier alpha value is -3.31. The summed E-state index contributed by atoms with van der Waals surface area (Å²) in [5, 5.41) is 13.2. The summed E-state index contributed by atoms with van der Waals surface area (Å²) in [6.07, 6.45) is 5.40. The van der Waals surface area contributed by atoms with Crippen molar-refractivity contribution in [2.24, 2.45) is 5.16 Å². The summed E-state index contributed by atoms with van der Waals surface area (Å²) in [6, 6.07) is 7.59. The predicted molar refractivity (Wildman–Crippen MR) is 110 cm³/mol. The zero-order valence-electron chi connectivity index (χ0n) is 16.2. The standard InChI is InChI=1S/C20H21ClN4O4/c1-27-18-5-4-15(12-19(18)28-2)7-10-25-14-23-20(26)16(13-22)17(25)6-9-24-29-11-3-8-21/h3-5,8-9,12,14H,6-7,10-11H2,1-2H3. The monoisotopic (exact) mass is 416 g/mol. The van der Waals surface area contributed by atoms with E-state index in [1.807, 2.05) is 24.3 Å². The third-order valence-corrected chi connectivity index (χ3v) is 4.24. The van der Waals surface area contributed by atoms with Gasteiger partial charge in [-0.1, -0.05) is 22.8 Å². The van der Waals surface area contributed by atoms with Crippen LogP contribution in [0.5, 0.6) is 11.5 Å². The molecule has 0 atom stereocenters. The Labute approximate surface area is 173 Å². The second kappa shape index (κ2) is 11.5. The van der Waals surface area contributed by atoms with E-state index in [9.17, 15) is 10.1 Å². The molecule has 1 heterocycles. The lowest BCUT2D eigenvalue weighted by Crippen LogP contribution is -2.21. The van der Waals surface area contributed by atoms with Crippen molar-refractivity contribution in [1.82, 2.24) is 9.55 Å². The highest BCUT2D eigenvalue weighted by molar-refractivity contribution is 6.25. The highest BCUT2D eigenvalue weighted by atomic mass is 35.5. The number of ether oxygens (including phenoxy) is 2. The van der Waals surface area contributed by atoms with E-state index in [1.165, 1.54) is 18.1 Å². The van der Waals surface area contributed by atoms with Crippen LogP contribution in [0, 0.1) is 11.3 Å². The number of aryl methyl sites for hydroxylation is 2. The van der Waals surface area contributed by atoms with Gasteiger partial charge in [0.1, 0.15) is 18.2 Å². The minimum Gasteiger partial charge on any atom is -0.493 e. The topological polar surface area (TPSA) is 98.7 Å². The van der Waals surface area contributed by atoms with Crippen molar-refractivity contribution in [3.8, 4) is 17.6 Å². The van der Waals surface area contributed by atoms with E-state index < -0.39 is 5.56 Å². The molecule has 29 heavy (non-hydrogen) atoms. The molecule has 0 aliphatic carbocycles. The van der Waals surface area contributed by atoms with E-state index >= 15 is 0 Å². The number of hydrogen-bond acceptors (Lipinski definition) is 7. The molecule has 0 fully saturated rings. The van der Waals surface area contributed by atoms with Crippen molar-refractivity contribution in [3.63, 3.8) is 0 Å². The SMILES string of the molecule is COc1ccc(CCn2cnc(=O)c(C#N)c2CC=NOCC=CCl)cc1OC. The Morgan fingerprint density at radius 3 is 2.79 bits per heavy atom. The van der Waals surface area contributed by atoms with Crippen molar-refractivity contribution < 1.29 is 14.3 Å². The summed E-state index contributed by atoms with van der Waals surface area (Å²) in [4.78, 5) is 20.7. The van der Waals surface area contributed by atoms with Gasteiger partial charge >= 0.3 is 0 Å². The molecular weight excluding hydrogens is 396 g/mol. The van der Waals surface area contributed by atoms with Crippen molar-refractivity contribution in [2.75, 3.05) is 20.8 Å². The van der Waals surface area contributed by atoms with E-state index in [1.54, 1.807) is 24.9 Å². The Bertz CT molecular complexity index is 979. The van der Waals surface area contributed by atoms with Crippen LogP contribution in [0.25, 0.3) is 0 Å². The number of oxime groups is 1. The summed E-state index contributed by atoms with van der Waals surface area (Å²) in [5.74, 6) is 1.28. The first-order valence-electron chi connectivity index (χ1n) is 8.72. The number of benzene rings is 1. The lowest BCUT2D eigenvalue weighted by Gasteiger charge is -2.14. The van der Waals surface area contributed by atoms with E-state index in [0.717, 1.165) is 5.56 Å². The second-order valence-electron chi connectivity index (χ2n) is 5.77. The van der Waals surface area contributed by atoms with Crippen molar-refractivity contribution >= 4 is 17.8 Å². The van der Waals surface area contributed by atoms with Crippen LogP contribution in [0.2, 0.25) is 0 Å². The second-order valence-corrected chi connectivity index (χ2v) is 6.02. The quantitative estimate of drug-likeness (QED) is 0.335. The van der Waals surface area contributed by atoms with Gasteiger partial charge in [0.2, 0.25) is 0 Å². The molecule has 0 saturated heterocycles. The minimum atomic E-state index is -0.566. The number of methoxy groups -OCH3 is 2. The maximum absolute atomic E-state index is 11.9. The first-order chi connectivity index (χ1) is 14.1. The first-order valence-corrected chi connectivity index (χ1v) is 9.16. The molecule has 0 saturated carbocycles. The Morgan fingerprint density at radius 2 is 2.10 bits per heavy atom. The van der Waals surface area contributed by atoms with Crippen molar-refractivity contribution in [2.45, 2.75) is 19.4 Å². The maximum Gasteiger partial charge on any atom is 0.290 e. The lowest BCUT2D eigenvalue weighted by molar-refractivity contribution is 0.176. The summed E-state index contributed by atoms with van der Waals surface area (Å²) in [5.41, 5.74) is 2.29. The Kier molecular flexibility index (Phi) is 8.73. The number of nitriles is 1. The highest BCUT2D eigenvalue weighted by Gasteiger charge is 2.12. The lowest BCUT2D eigenvalue weighted by atomic mass is 10.1. The molecule has 0 amide bonds. The fourth-order valence-corrected chi connectivity index (χ4v) is 2.71. The average Bonchev–Trinajstić information content (AvgIpc) is 2.75. The molecule has 1 aromatic heterocycles. The number of rotatable bonds is 10. The van der Waals surface area contributed by atoms with Crippen LogP contribution >= 0.6 is 11.6 Å². The molecule has 9 heteroatoms. The zero-order chi connectivity index (χ0) is 21.1. The van der Waals surface area contributed by atoms with Crippen LogP contribution in [-0.4, -0.2) is 36.6 Å². The third-order valence-electron chi connectivity index (χ3n) is 4.06. The highest BCUT2D eigenvalue weighted by Crippen LogP contribution is 2.27. The van der Waals surface area contributed by atoms with Crippen LogP contribution in [-0.2, 0) is 24.2 Å². The maximum atomic E-state index is 11.9. The van der Waals surface area contributed by atoms with E-state index in [2.05, 4.69) is 10.1 Å². The van der Waals surface area contributed by atoms with E-state index in [4.69, 9.17) is 25.9 Å². The van der Waals surface area contributed by atoms with Gasteiger partial charge in [-0.15, -0.1) is 0 Å². The fraction of sp³-hybridized carbons (Fsp3) is 0.300. The van der Waals surface area contributed by atoms with Crippen LogP contribution in [0.1, 0.15) is 16.8 Å². The summed E-state index contributed by atoms with van der Waals surface area (Å²) in [7, 11) is 3.16. The molecule has 1 aromatic carbocycles. The molecule has 0 aliphatic heterocycles. The molecule has 0 unspecified atom stereocenters. The van der Waals surface area contributed by atoms with Gasteiger partial charge in [0, 0.05) is 30.4 Å². The molecule has 8 nitrogen and oxygen atoms in total. The summed E-state index contributed by atoms with van der Waals surface area (Å²) in [6.45, 7) is 0.740. The molecule has 0 aliphatic rings. The summed E-state index contributed by atoms with van der Waals surface area (Å²) < 4.78 is 12.3. The largest absolute Gasteiger partial charge is 0.493 e. The van der Waals surface area contributed by atoms with Gasteiger partial charge in [0.25, 0.3) is 5.56 Å². The van der Waals surface area contributed by atoms with Crippen LogP contribution in [0.3, 0.4) is 0 Å². The van der Waals surface area contributed by atoms with Gasteiger partial charge < -0.3 is 18.9 Å². The molecule has 152 valence electrons. The summed E-state index contributed by atoms with van der Waals surface area (Å²) >= 11 is 5.40. The first kappa shape index (κ1) is 22.0. The molecule has 0 radical (unpaired) electrons. The average molecular weight is 417 g/mol. The van der Waals surface area contributed by atoms with Gasteiger partial charge in [-0.2, -0.15) is 10.2 Å². The number of nitrogens with zero attached hydrogens (tertiary/aromatic N) is 4. The van der Waals surface area contributed by atoms with Gasteiger partial charge in [-0.05, 0) is 30.2 Å². The Balaban J connectivity index is 2.19. The van der Waals surface area contributed by atoms with Crippen molar-refractivity contribution in [1.29, 1.82) is 5.26 Å². The number of halogens is 1. The third kappa shape index (κ3) is 6.09. The van der Waals surface area contributed by atoms with Gasteiger partial charge in [-0.3, -0.25) is 4.79 Å². The Morgan fingerprint density at radius 1 is 1.31 bits per heavy atom.